The van der Waals surface area contributed by atoms with E-state index < -0.39 is 9.84 Å². The Labute approximate surface area is 125 Å². The van der Waals surface area contributed by atoms with E-state index in [4.69, 9.17) is 5.73 Å². The van der Waals surface area contributed by atoms with E-state index in [1.54, 1.807) is 6.07 Å². The fourth-order valence-electron chi connectivity index (χ4n) is 2.49. The zero-order valence-electron chi connectivity index (χ0n) is 12.1. The fourth-order valence-corrected chi connectivity index (χ4v) is 3.18. The fraction of sp³-hybridized carbons (Fsp3) is 0.533. The SMILES string of the molecule is CS(=O)(=O)c1cc(N)cc(C(=O)N(CC2CC2)C2CC2)c1. The van der Waals surface area contributed by atoms with Gasteiger partial charge in [0.1, 0.15) is 0 Å². The summed E-state index contributed by atoms with van der Waals surface area (Å²) in [5.74, 6) is 0.520. The van der Waals surface area contributed by atoms with Crippen molar-refractivity contribution in [2.45, 2.75) is 36.6 Å². The van der Waals surface area contributed by atoms with Crippen LogP contribution in [0, 0.1) is 5.92 Å². The summed E-state index contributed by atoms with van der Waals surface area (Å²) in [6.45, 7) is 0.784. The quantitative estimate of drug-likeness (QED) is 0.839. The number of benzene rings is 1. The molecule has 0 saturated heterocycles. The van der Waals surface area contributed by atoms with Crippen molar-refractivity contribution in [1.82, 2.24) is 4.90 Å². The van der Waals surface area contributed by atoms with Gasteiger partial charge < -0.3 is 10.6 Å². The summed E-state index contributed by atoms with van der Waals surface area (Å²) in [7, 11) is -3.37. The van der Waals surface area contributed by atoms with E-state index in [0.29, 0.717) is 23.2 Å². The number of hydrogen-bond acceptors (Lipinski definition) is 4. The van der Waals surface area contributed by atoms with Crippen molar-refractivity contribution in [3.05, 3.63) is 23.8 Å². The largest absolute Gasteiger partial charge is 0.399 e. The second-order valence-corrected chi connectivity index (χ2v) is 8.21. The maximum Gasteiger partial charge on any atom is 0.254 e. The Kier molecular flexibility index (Phi) is 3.43. The summed E-state index contributed by atoms with van der Waals surface area (Å²) < 4.78 is 23.4. The molecule has 2 aliphatic rings. The van der Waals surface area contributed by atoms with Gasteiger partial charge >= 0.3 is 0 Å². The van der Waals surface area contributed by atoms with E-state index in [1.807, 2.05) is 4.90 Å². The van der Waals surface area contributed by atoms with Crippen LogP contribution in [0.4, 0.5) is 5.69 Å². The van der Waals surface area contributed by atoms with Gasteiger partial charge in [-0.3, -0.25) is 4.79 Å². The van der Waals surface area contributed by atoms with Gasteiger partial charge in [-0.05, 0) is 49.8 Å². The highest BCUT2D eigenvalue weighted by Gasteiger charge is 2.37. The minimum Gasteiger partial charge on any atom is -0.399 e. The van der Waals surface area contributed by atoms with Crippen LogP contribution in [-0.4, -0.2) is 38.1 Å². The summed E-state index contributed by atoms with van der Waals surface area (Å²) in [4.78, 5) is 14.7. The molecule has 2 aliphatic carbocycles. The third kappa shape index (κ3) is 3.37. The highest BCUT2D eigenvalue weighted by molar-refractivity contribution is 7.90. The first-order valence-electron chi connectivity index (χ1n) is 7.26. The molecule has 2 fully saturated rings. The molecule has 0 atom stereocenters. The molecule has 114 valence electrons. The van der Waals surface area contributed by atoms with E-state index in [2.05, 4.69) is 0 Å². The number of nitrogens with two attached hydrogens (primary N) is 1. The van der Waals surface area contributed by atoms with Gasteiger partial charge in [-0.1, -0.05) is 0 Å². The Morgan fingerprint density at radius 2 is 1.90 bits per heavy atom. The van der Waals surface area contributed by atoms with E-state index in [0.717, 1.165) is 25.6 Å². The first kappa shape index (κ1) is 14.4. The number of carbonyl (C=O) groups is 1. The predicted molar refractivity (Wildman–Crippen MR) is 80.7 cm³/mol. The van der Waals surface area contributed by atoms with E-state index in [-0.39, 0.29) is 10.8 Å². The number of sulfone groups is 1. The molecule has 2 saturated carbocycles. The summed E-state index contributed by atoms with van der Waals surface area (Å²) in [6.07, 6.45) is 5.57. The van der Waals surface area contributed by atoms with Crippen LogP contribution in [0.1, 0.15) is 36.0 Å². The third-order valence-electron chi connectivity index (χ3n) is 4.00. The standard InChI is InChI=1S/C15H20N2O3S/c1-21(19,20)14-7-11(6-12(16)8-14)15(18)17(13-4-5-13)9-10-2-3-10/h6-8,10,13H,2-5,9,16H2,1H3. The second-order valence-electron chi connectivity index (χ2n) is 6.19. The molecule has 3 rings (SSSR count). The molecule has 21 heavy (non-hydrogen) atoms. The molecular weight excluding hydrogens is 288 g/mol. The molecule has 1 aromatic rings. The van der Waals surface area contributed by atoms with Gasteiger partial charge in [0.15, 0.2) is 9.84 Å². The number of carbonyl (C=O) groups excluding carboxylic acids is 1. The molecular formula is C15H20N2O3S. The zero-order valence-corrected chi connectivity index (χ0v) is 12.9. The zero-order chi connectivity index (χ0) is 15.2. The van der Waals surface area contributed by atoms with Gasteiger partial charge in [0.25, 0.3) is 5.91 Å². The Morgan fingerprint density at radius 3 is 2.43 bits per heavy atom. The molecule has 5 nitrogen and oxygen atoms in total. The molecule has 0 radical (unpaired) electrons. The van der Waals surface area contributed by atoms with Crippen LogP contribution in [0.25, 0.3) is 0 Å². The van der Waals surface area contributed by atoms with Gasteiger partial charge in [0.05, 0.1) is 4.90 Å². The normalized spacial score (nSPS) is 18.5. The Hall–Kier alpha value is -1.56. The third-order valence-corrected chi connectivity index (χ3v) is 5.10. The molecule has 1 amide bonds. The Bertz CT molecular complexity index is 676. The molecule has 0 aromatic heterocycles. The maximum absolute atomic E-state index is 12.7. The smallest absolute Gasteiger partial charge is 0.254 e. The number of rotatable bonds is 5. The average molecular weight is 308 g/mol. The van der Waals surface area contributed by atoms with Gasteiger partial charge in [-0.2, -0.15) is 0 Å². The molecule has 6 heteroatoms. The molecule has 1 aromatic carbocycles. The highest BCUT2D eigenvalue weighted by atomic mass is 32.2. The number of anilines is 1. The summed E-state index contributed by atoms with van der Waals surface area (Å²) in [5.41, 5.74) is 6.45. The van der Waals surface area contributed by atoms with Crippen LogP contribution in [0.3, 0.4) is 0 Å². The van der Waals surface area contributed by atoms with Crippen LogP contribution in [0.5, 0.6) is 0 Å². The molecule has 0 heterocycles. The van der Waals surface area contributed by atoms with E-state index in [9.17, 15) is 13.2 Å². The molecule has 0 spiro atoms. The van der Waals surface area contributed by atoms with E-state index >= 15 is 0 Å². The van der Waals surface area contributed by atoms with Crippen LogP contribution in [-0.2, 0) is 9.84 Å². The van der Waals surface area contributed by atoms with Gasteiger partial charge in [-0.25, -0.2) is 8.42 Å². The van der Waals surface area contributed by atoms with Gasteiger partial charge in [0.2, 0.25) is 0 Å². The minimum atomic E-state index is -3.37. The van der Waals surface area contributed by atoms with Crippen molar-refractivity contribution < 1.29 is 13.2 Å². The summed E-state index contributed by atoms with van der Waals surface area (Å²) >= 11 is 0. The highest BCUT2D eigenvalue weighted by Crippen LogP contribution is 2.36. The minimum absolute atomic E-state index is 0.0957. The van der Waals surface area contributed by atoms with Crippen LogP contribution in [0.15, 0.2) is 23.1 Å². The van der Waals surface area contributed by atoms with Gasteiger partial charge in [0, 0.05) is 30.1 Å². The predicted octanol–water partition coefficient (Wildman–Crippen LogP) is 1.69. The van der Waals surface area contributed by atoms with Crippen LogP contribution >= 0.6 is 0 Å². The number of hydrogen-bond donors (Lipinski definition) is 1. The monoisotopic (exact) mass is 308 g/mol. The Balaban J connectivity index is 1.90. The average Bonchev–Trinajstić information content (AvgIpc) is 3.24. The van der Waals surface area contributed by atoms with Crippen molar-refractivity contribution in [3.63, 3.8) is 0 Å². The maximum atomic E-state index is 12.7. The lowest BCUT2D eigenvalue weighted by Crippen LogP contribution is -2.35. The molecule has 2 N–H and O–H groups in total. The van der Waals surface area contributed by atoms with Crippen molar-refractivity contribution in [3.8, 4) is 0 Å². The van der Waals surface area contributed by atoms with Crippen LogP contribution < -0.4 is 5.73 Å². The number of nitrogen functional groups attached to an aromatic ring is 1. The lowest BCUT2D eigenvalue weighted by Gasteiger charge is -2.22. The molecule has 0 aliphatic heterocycles. The van der Waals surface area contributed by atoms with Gasteiger partial charge in [-0.15, -0.1) is 0 Å². The summed E-state index contributed by atoms with van der Waals surface area (Å²) in [6, 6.07) is 4.73. The first-order valence-corrected chi connectivity index (χ1v) is 9.15. The van der Waals surface area contributed by atoms with E-state index in [1.165, 1.54) is 25.0 Å². The molecule has 0 unspecified atom stereocenters. The second kappa shape index (κ2) is 5.02. The number of amides is 1. The topological polar surface area (TPSA) is 80.5 Å². The number of nitrogens with zero attached hydrogens (tertiary/aromatic N) is 1. The lowest BCUT2D eigenvalue weighted by molar-refractivity contribution is 0.0734. The summed E-state index contributed by atoms with van der Waals surface area (Å²) in [5, 5.41) is 0. The first-order chi connectivity index (χ1) is 9.84. The van der Waals surface area contributed by atoms with Crippen molar-refractivity contribution in [2.24, 2.45) is 5.92 Å². The molecule has 0 bridgehead atoms. The lowest BCUT2D eigenvalue weighted by atomic mass is 10.1. The van der Waals surface area contributed by atoms with Crippen molar-refractivity contribution in [2.75, 3.05) is 18.5 Å². The van der Waals surface area contributed by atoms with Crippen molar-refractivity contribution >= 4 is 21.4 Å². The van der Waals surface area contributed by atoms with Crippen LogP contribution in [0.2, 0.25) is 0 Å². The van der Waals surface area contributed by atoms with Crippen molar-refractivity contribution in [1.29, 1.82) is 0 Å². The Morgan fingerprint density at radius 1 is 1.24 bits per heavy atom.